The second kappa shape index (κ2) is 8.26. The molecule has 2 aromatic carbocycles. The lowest BCUT2D eigenvalue weighted by molar-refractivity contribution is -0.384. The van der Waals surface area contributed by atoms with Crippen molar-refractivity contribution in [1.29, 1.82) is 0 Å². The molecule has 0 aliphatic rings. The lowest BCUT2D eigenvalue weighted by atomic mass is 10.0. The fourth-order valence-corrected chi connectivity index (χ4v) is 2.34. The average molecular weight is 300 g/mol. The van der Waals surface area contributed by atoms with Gasteiger partial charge < -0.3 is 10.4 Å². The highest BCUT2D eigenvalue weighted by Gasteiger charge is 2.11. The first-order valence-corrected chi connectivity index (χ1v) is 7.33. The molecular weight excluding hydrogens is 280 g/mol. The van der Waals surface area contributed by atoms with Crippen LogP contribution in [-0.4, -0.2) is 16.6 Å². The first-order valence-electron chi connectivity index (χ1n) is 7.33. The van der Waals surface area contributed by atoms with E-state index in [4.69, 9.17) is 5.11 Å². The average Bonchev–Trinajstić information content (AvgIpc) is 2.56. The second-order valence-electron chi connectivity index (χ2n) is 5.13. The van der Waals surface area contributed by atoms with Crippen LogP contribution in [0.2, 0.25) is 0 Å². The van der Waals surface area contributed by atoms with Crippen molar-refractivity contribution >= 4 is 5.69 Å². The van der Waals surface area contributed by atoms with Gasteiger partial charge in [-0.1, -0.05) is 42.5 Å². The number of nitro benzene ring substituents is 1. The molecule has 2 aromatic rings. The number of rotatable bonds is 8. The quantitative estimate of drug-likeness (QED) is 0.580. The Bertz CT molecular complexity index is 585. The van der Waals surface area contributed by atoms with E-state index in [0.29, 0.717) is 6.54 Å². The molecule has 2 N–H and O–H groups in total. The molecule has 0 amide bonds. The van der Waals surface area contributed by atoms with Crippen LogP contribution in [0.25, 0.3) is 0 Å². The Morgan fingerprint density at radius 1 is 1.09 bits per heavy atom. The highest BCUT2D eigenvalue weighted by atomic mass is 16.6. The van der Waals surface area contributed by atoms with Gasteiger partial charge in [-0.3, -0.25) is 10.1 Å². The van der Waals surface area contributed by atoms with Gasteiger partial charge in [-0.05, 0) is 24.0 Å². The summed E-state index contributed by atoms with van der Waals surface area (Å²) in [5.41, 5.74) is 2.28. The maximum absolute atomic E-state index is 10.6. The van der Waals surface area contributed by atoms with E-state index in [2.05, 4.69) is 17.4 Å². The molecule has 0 aliphatic carbocycles. The second-order valence-corrected chi connectivity index (χ2v) is 5.13. The topological polar surface area (TPSA) is 75.4 Å². The van der Waals surface area contributed by atoms with Crippen LogP contribution in [0.15, 0.2) is 54.6 Å². The normalized spacial score (nSPS) is 12.0. The number of aliphatic hydroxyl groups is 1. The Morgan fingerprint density at radius 2 is 1.77 bits per heavy atom. The molecule has 5 heteroatoms. The maximum Gasteiger partial charge on any atom is 0.269 e. The van der Waals surface area contributed by atoms with Crippen molar-refractivity contribution in [3.05, 3.63) is 75.8 Å². The molecule has 1 atom stereocenters. The molecule has 0 fully saturated rings. The zero-order valence-electron chi connectivity index (χ0n) is 12.3. The summed E-state index contributed by atoms with van der Waals surface area (Å²) in [6.45, 7) is 0.797. The van der Waals surface area contributed by atoms with Gasteiger partial charge in [0.25, 0.3) is 5.69 Å². The van der Waals surface area contributed by atoms with Gasteiger partial charge in [0.1, 0.15) is 0 Å². The SMILES string of the molecule is O=[N+]([O-])c1ccc(CNC(CCCO)c2ccccc2)cc1. The maximum atomic E-state index is 10.6. The van der Waals surface area contributed by atoms with Crippen molar-refractivity contribution in [2.75, 3.05) is 6.61 Å². The Hall–Kier alpha value is -2.24. The van der Waals surface area contributed by atoms with Crippen LogP contribution in [0.4, 0.5) is 5.69 Å². The van der Waals surface area contributed by atoms with Crippen LogP contribution in [-0.2, 0) is 6.54 Å². The van der Waals surface area contributed by atoms with Crippen LogP contribution >= 0.6 is 0 Å². The summed E-state index contributed by atoms with van der Waals surface area (Å²) in [6.07, 6.45) is 1.57. The smallest absolute Gasteiger partial charge is 0.269 e. The van der Waals surface area contributed by atoms with E-state index in [1.165, 1.54) is 17.7 Å². The molecule has 0 heterocycles. The Labute approximate surface area is 129 Å². The monoisotopic (exact) mass is 300 g/mol. The van der Waals surface area contributed by atoms with Crippen molar-refractivity contribution in [3.8, 4) is 0 Å². The van der Waals surface area contributed by atoms with Gasteiger partial charge in [-0.15, -0.1) is 0 Å². The van der Waals surface area contributed by atoms with E-state index in [0.717, 1.165) is 18.4 Å². The van der Waals surface area contributed by atoms with Gasteiger partial charge >= 0.3 is 0 Å². The summed E-state index contributed by atoms with van der Waals surface area (Å²) < 4.78 is 0. The number of hydrogen-bond acceptors (Lipinski definition) is 4. The Kier molecular flexibility index (Phi) is 6.06. The summed E-state index contributed by atoms with van der Waals surface area (Å²) in [7, 11) is 0. The predicted molar refractivity (Wildman–Crippen MR) is 85.4 cm³/mol. The molecule has 22 heavy (non-hydrogen) atoms. The van der Waals surface area contributed by atoms with Crippen molar-refractivity contribution in [2.24, 2.45) is 0 Å². The van der Waals surface area contributed by atoms with Gasteiger partial charge in [0.05, 0.1) is 4.92 Å². The van der Waals surface area contributed by atoms with Crippen LogP contribution in [0, 0.1) is 10.1 Å². The summed E-state index contributed by atoms with van der Waals surface area (Å²) >= 11 is 0. The number of aliphatic hydroxyl groups excluding tert-OH is 1. The predicted octanol–water partition coefficient (Wildman–Crippen LogP) is 3.20. The fourth-order valence-electron chi connectivity index (χ4n) is 2.34. The summed E-state index contributed by atoms with van der Waals surface area (Å²) in [6, 6.07) is 16.8. The van der Waals surface area contributed by atoms with Crippen LogP contribution < -0.4 is 5.32 Å². The molecule has 0 saturated heterocycles. The van der Waals surface area contributed by atoms with Crippen LogP contribution in [0.5, 0.6) is 0 Å². The Balaban J connectivity index is 2.00. The van der Waals surface area contributed by atoms with E-state index in [1.54, 1.807) is 12.1 Å². The number of nitrogens with zero attached hydrogens (tertiary/aromatic N) is 1. The largest absolute Gasteiger partial charge is 0.396 e. The minimum absolute atomic E-state index is 0.101. The lowest BCUT2D eigenvalue weighted by Crippen LogP contribution is -2.21. The van der Waals surface area contributed by atoms with Gasteiger partial charge in [-0.25, -0.2) is 0 Å². The van der Waals surface area contributed by atoms with Crippen molar-refractivity contribution in [2.45, 2.75) is 25.4 Å². The van der Waals surface area contributed by atoms with Crippen molar-refractivity contribution < 1.29 is 10.0 Å². The number of benzene rings is 2. The lowest BCUT2D eigenvalue weighted by Gasteiger charge is -2.19. The van der Waals surface area contributed by atoms with E-state index < -0.39 is 4.92 Å². The number of nitro groups is 1. The Morgan fingerprint density at radius 3 is 2.36 bits per heavy atom. The third-order valence-corrected chi connectivity index (χ3v) is 3.55. The molecule has 0 aliphatic heterocycles. The summed E-state index contributed by atoms with van der Waals surface area (Å²) in [4.78, 5) is 10.3. The molecule has 0 radical (unpaired) electrons. The summed E-state index contributed by atoms with van der Waals surface area (Å²) in [5, 5.41) is 23.1. The zero-order chi connectivity index (χ0) is 15.8. The molecule has 1 unspecified atom stereocenters. The van der Waals surface area contributed by atoms with Gasteiger partial charge in [-0.2, -0.15) is 0 Å². The molecule has 0 saturated carbocycles. The van der Waals surface area contributed by atoms with Gasteiger partial charge in [0, 0.05) is 31.3 Å². The third-order valence-electron chi connectivity index (χ3n) is 3.55. The molecule has 116 valence electrons. The van der Waals surface area contributed by atoms with E-state index in [1.807, 2.05) is 18.2 Å². The highest BCUT2D eigenvalue weighted by Crippen LogP contribution is 2.19. The molecule has 5 nitrogen and oxygen atoms in total. The molecule has 0 bridgehead atoms. The number of hydrogen-bond donors (Lipinski definition) is 2. The fraction of sp³-hybridized carbons (Fsp3) is 0.294. The first-order chi connectivity index (χ1) is 10.7. The standard InChI is InChI=1S/C17H20N2O3/c20-12-4-7-17(15-5-2-1-3-6-15)18-13-14-8-10-16(11-9-14)19(21)22/h1-3,5-6,8-11,17-18,20H,4,7,12-13H2. The molecule has 2 rings (SSSR count). The van der Waals surface area contributed by atoms with E-state index in [-0.39, 0.29) is 18.3 Å². The highest BCUT2D eigenvalue weighted by molar-refractivity contribution is 5.33. The minimum Gasteiger partial charge on any atom is -0.396 e. The molecule has 0 aromatic heterocycles. The first kappa shape index (κ1) is 16.1. The van der Waals surface area contributed by atoms with E-state index in [9.17, 15) is 10.1 Å². The van der Waals surface area contributed by atoms with Crippen LogP contribution in [0.1, 0.15) is 30.0 Å². The van der Waals surface area contributed by atoms with Crippen molar-refractivity contribution in [1.82, 2.24) is 5.32 Å². The zero-order valence-corrected chi connectivity index (χ0v) is 12.3. The van der Waals surface area contributed by atoms with E-state index >= 15 is 0 Å². The van der Waals surface area contributed by atoms with Gasteiger partial charge in [0.2, 0.25) is 0 Å². The summed E-state index contributed by atoms with van der Waals surface area (Å²) in [5.74, 6) is 0. The van der Waals surface area contributed by atoms with Gasteiger partial charge in [0.15, 0.2) is 0 Å². The number of nitrogens with one attached hydrogen (secondary N) is 1. The van der Waals surface area contributed by atoms with Crippen molar-refractivity contribution in [3.63, 3.8) is 0 Å². The molecular formula is C17H20N2O3. The molecule has 0 spiro atoms. The number of non-ortho nitro benzene ring substituents is 1. The third kappa shape index (κ3) is 4.65. The minimum atomic E-state index is -0.398. The van der Waals surface area contributed by atoms with Crippen LogP contribution in [0.3, 0.4) is 0 Å².